The SMILES string of the molecule is CC1COc2c(C3CC3)c(F)c(F)c3c(=O)c(C(=O)O)cn1c23. The maximum atomic E-state index is 14.6. The Hall–Kier alpha value is -2.44. The molecule has 2 aromatic rings. The first-order valence-corrected chi connectivity index (χ1v) is 7.37. The Morgan fingerprint density at radius 3 is 2.65 bits per heavy atom. The Labute approximate surface area is 129 Å². The molecular formula is C16H13F2NO4. The van der Waals surface area contributed by atoms with Gasteiger partial charge >= 0.3 is 5.97 Å². The number of carboxylic acid groups (broad SMARTS) is 1. The molecule has 120 valence electrons. The number of nitrogens with zero attached hydrogens (tertiary/aromatic N) is 1. The predicted octanol–water partition coefficient (Wildman–Crippen LogP) is 2.81. The third-order valence-electron chi connectivity index (χ3n) is 4.50. The fraction of sp³-hybridized carbons (Fsp3) is 0.375. The number of pyridine rings is 1. The molecule has 1 aromatic carbocycles. The second-order valence-corrected chi connectivity index (χ2v) is 6.11. The minimum atomic E-state index is -1.47. The number of hydrogen-bond acceptors (Lipinski definition) is 3. The van der Waals surface area contributed by atoms with Crippen LogP contribution in [0.15, 0.2) is 11.0 Å². The Balaban J connectivity index is 2.24. The molecule has 23 heavy (non-hydrogen) atoms. The number of benzene rings is 1. The van der Waals surface area contributed by atoms with Crippen molar-refractivity contribution in [3.05, 3.63) is 39.2 Å². The fourth-order valence-electron chi connectivity index (χ4n) is 3.19. The van der Waals surface area contributed by atoms with Crippen LogP contribution in [-0.2, 0) is 0 Å². The average Bonchev–Trinajstić information content (AvgIpc) is 3.32. The molecule has 0 bridgehead atoms. The molecule has 1 N–H and O–H groups in total. The Morgan fingerprint density at radius 1 is 1.35 bits per heavy atom. The van der Waals surface area contributed by atoms with Crippen LogP contribution >= 0.6 is 0 Å². The molecule has 1 atom stereocenters. The van der Waals surface area contributed by atoms with E-state index in [4.69, 9.17) is 4.74 Å². The van der Waals surface area contributed by atoms with Gasteiger partial charge in [-0.15, -0.1) is 0 Å². The average molecular weight is 321 g/mol. The summed E-state index contributed by atoms with van der Waals surface area (Å²) in [5, 5.41) is 8.62. The van der Waals surface area contributed by atoms with Crippen molar-refractivity contribution in [2.24, 2.45) is 0 Å². The number of hydrogen-bond donors (Lipinski definition) is 1. The highest BCUT2D eigenvalue weighted by atomic mass is 19.2. The first kappa shape index (κ1) is 14.2. The van der Waals surface area contributed by atoms with Gasteiger partial charge in [0.1, 0.15) is 17.9 Å². The minimum Gasteiger partial charge on any atom is -0.489 e. The highest BCUT2D eigenvalue weighted by Crippen LogP contribution is 2.49. The zero-order valence-electron chi connectivity index (χ0n) is 12.2. The van der Waals surface area contributed by atoms with Crippen molar-refractivity contribution >= 4 is 16.9 Å². The molecule has 0 saturated heterocycles. The van der Waals surface area contributed by atoms with Crippen molar-refractivity contribution in [3.63, 3.8) is 0 Å². The monoisotopic (exact) mass is 321 g/mol. The third kappa shape index (κ3) is 1.82. The van der Waals surface area contributed by atoms with Crippen LogP contribution in [0.25, 0.3) is 10.9 Å². The summed E-state index contributed by atoms with van der Waals surface area (Å²) in [5.41, 5.74) is -1.28. The molecule has 0 radical (unpaired) electrons. The van der Waals surface area contributed by atoms with E-state index in [2.05, 4.69) is 0 Å². The summed E-state index contributed by atoms with van der Waals surface area (Å²) in [7, 11) is 0. The number of rotatable bonds is 2. The predicted molar refractivity (Wildman–Crippen MR) is 77.3 cm³/mol. The summed E-state index contributed by atoms with van der Waals surface area (Å²) < 4.78 is 36.2. The smallest absolute Gasteiger partial charge is 0.341 e. The molecule has 2 heterocycles. The van der Waals surface area contributed by atoms with Crippen molar-refractivity contribution in [1.29, 1.82) is 0 Å². The summed E-state index contributed by atoms with van der Waals surface area (Å²) in [6.07, 6.45) is 2.67. The maximum absolute atomic E-state index is 14.6. The number of carboxylic acids is 1. The quantitative estimate of drug-likeness (QED) is 0.923. The molecule has 1 aliphatic carbocycles. The van der Waals surface area contributed by atoms with Crippen molar-refractivity contribution in [3.8, 4) is 5.75 Å². The molecule has 1 fully saturated rings. The van der Waals surface area contributed by atoms with E-state index in [1.165, 1.54) is 10.8 Å². The lowest BCUT2D eigenvalue weighted by Gasteiger charge is -2.28. The lowest BCUT2D eigenvalue weighted by atomic mass is 10.0. The topological polar surface area (TPSA) is 68.5 Å². The van der Waals surface area contributed by atoms with Crippen molar-refractivity contribution in [1.82, 2.24) is 4.57 Å². The third-order valence-corrected chi connectivity index (χ3v) is 4.50. The molecule has 0 amide bonds. The van der Waals surface area contributed by atoms with Crippen molar-refractivity contribution < 1.29 is 23.4 Å². The maximum Gasteiger partial charge on any atom is 0.341 e. The van der Waals surface area contributed by atoms with E-state index in [-0.39, 0.29) is 35.4 Å². The van der Waals surface area contributed by atoms with Gasteiger partial charge in [-0.2, -0.15) is 0 Å². The van der Waals surface area contributed by atoms with Crippen LogP contribution in [0.2, 0.25) is 0 Å². The molecular weight excluding hydrogens is 308 g/mol. The van der Waals surface area contributed by atoms with E-state index in [9.17, 15) is 23.5 Å². The van der Waals surface area contributed by atoms with E-state index >= 15 is 0 Å². The summed E-state index contributed by atoms with van der Waals surface area (Å²) >= 11 is 0. The minimum absolute atomic E-state index is 0.111. The normalized spacial score (nSPS) is 19.7. The molecule has 7 heteroatoms. The van der Waals surface area contributed by atoms with Crippen LogP contribution in [0.3, 0.4) is 0 Å². The van der Waals surface area contributed by atoms with E-state index in [1.54, 1.807) is 6.92 Å². The lowest BCUT2D eigenvalue weighted by Crippen LogP contribution is -2.28. The van der Waals surface area contributed by atoms with E-state index in [0.717, 1.165) is 12.8 Å². The molecule has 5 nitrogen and oxygen atoms in total. The number of aromatic nitrogens is 1. The van der Waals surface area contributed by atoms with Crippen LogP contribution in [0, 0.1) is 11.6 Å². The molecule has 1 saturated carbocycles. The van der Waals surface area contributed by atoms with Gasteiger partial charge in [0, 0.05) is 11.8 Å². The Bertz CT molecular complexity index is 930. The Kier molecular flexibility index (Phi) is 2.79. The van der Waals surface area contributed by atoms with Crippen LogP contribution in [-0.4, -0.2) is 22.2 Å². The van der Waals surface area contributed by atoms with Gasteiger partial charge in [-0.25, -0.2) is 13.6 Å². The molecule has 2 aliphatic rings. The molecule has 1 aromatic heterocycles. The first-order valence-electron chi connectivity index (χ1n) is 7.37. The van der Waals surface area contributed by atoms with Gasteiger partial charge in [0.15, 0.2) is 11.6 Å². The van der Waals surface area contributed by atoms with Gasteiger partial charge < -0.3 is 14.4 Å². The number of halogens is 2. The van der Waals surface area contributed by atoms with Gasteiger partial charge in [0.25, 0.3) is 0 Å². The second-order valence-electron chi connectivity index (χ2n) is 6.11. The first-order chi connectivity index (χ1) is 10.9. The number of ether oxygens (including phenoxy) is 1. The summed E-state index contributed by atoms with van der Waals surface area (Å²) in [5.74, 6) is -3.79. The standard InChI is InChI=1S/C16H13F2NO4/c1-6-5-23-15-9(7-2-3-7)11(17)12(18)10-13(15)19(6)4-8(14(10)20)16(21)22/h4,6-7H,2-3,5H2,1H3,(H,21,22). The van der Waals surface area contributed by atoms with Crippen LogP contribution < -0.4 is 10.2 Å². The van der Waals surface area contributed by atoms with Gasteiger partial charge in [-0.1, -0.05) is 0 Å². The van der Waals surface area contributed by atoms with Crippen molar-refractivity contribution in [2.75, 3.05) is 6.61 Å². The summed E-state index contributed by atoms with van der Waals surface area (Å²) in [6.45, 7) is 1.96. The van der Waals surface area contributed by atoms with Gasteiger partial charge in [0.05, 0.1) is 16.9 Å². The zero-order valence-corrected chi connectivity index (χ0v) is 12.2. The Morgan fingerprint density at radius 2 is 2.04 bits per heavy atom. The van der Waals surface area contributed by atoms with E-state index in [1.807, 2.05) is 0 Å². The number of carbonyl (C=O) groups is 1. The zero-order chi connectivity index (χ0) is 16.5. The van der Waals surface area contributed by atoms with E-state index < -0.39 is 34.0 Å². The molecule has 1 unspecified atom stereocenters. The highest BCUT2D eigenvalue weighted by Gasteiger charge is 2.37. The highest BCUT2D eigenvalue weighted by molar-refractivity contribution is 5.95. The summed E-state index contributed by atoms with van der Waals surface area (Å²) in [6, 6.07) is -0.291. The largest absolute Gasteiger partial charge is 0.489 e. The van der Waals surface area contributed by atoms with Crippen LogP contribution in [0.5, 0.6) is 5.75 Å². The van der Waals surface area contributed by atoms with Crippen molar-refractivity contribution in [2.45, 2.75) is 31.7 Å². The second kappa shape index (κ2) is 4.53. The molecule has 4 rings (SSSR count). The van der Waals surface area contributed by atoms with Gasteiger partial charge in [-0.05, 0) is 25.7 Å². The van der Waals surface area contributed by atoms with E-state index in [0.29, 0.717) is 0 Å². The fourth-order valence-corrected chi connectivity index (χ4v) is 3.19. The molecule has 0 spiro atoms. The molecule has 1 aliphatic heterocycles. The van der Waals surface area contributed by atoms with Gasteiger partial charge in [0.2, 0.25) is 5.43 Å². The summed E-state index contributed by atoms with van der Waals surface area (Å²) in [4.78, 5) is 23.6. The number of aromatic carboxylic acids is 1. The van der Waals surface area contributed by atoms with Crippen LogP contribution in [0.1, 0.15) is 47.6 Å². The van der Waals surface area contributed by atoms with Gasteiger partial charge in [-0.3, -0.25) is 4.79 Å². The lowest BCUT2D eigenvalue weighted by molar-refractivity contribution is 0.0694. The van der Waals surface area contributed by atoms with Crippen LogP contribution in [0.4, 0.5) is 8.78 Å².